The number of amides is 1. The molecule has 1 fully saturated rings. The maximum absolute atomic E-state index is 12.6. The second kappa shape index (κ2) is 7.14. The van der Waals surface area contributed by atoms with E-state index in [-0.39, 0.29) is 18.0 Å². The summed E-state index contributed by atoms with van der Waals surface area (Å²) in [5, 5.41) is 6.18. The van der Waals surface area contributed by atoms with Crippen LogP contribution in [0, 0.1) is 0 Å². The number of para-hydroxylation sites is 1. The molecule has 132 valence electrons. The minimum absolute atomic E-state index is 0.0587. The van der Waals surface area contributed by atoms with E-state index in [1.54, 1.807) is 6.07 Å². The van der Waals surface area contributed by atoms with E-state index in [9.17, 15) is 9.59 Å². The molecule has 0 saturated carbocycles. The van der Waals surface area contributed by atoms with E-state index in [2.05, 4.69) is 10.6 Å². The van der Waals surface area contributed by atoms with Crippen LogP contribution in [0.1, 0.15) is 34.3 Å². The highest BCUT2D eigenvalue weighted by atomic mass is 16.5. The smallest absolute Gasteiger partial charge is 0.331 e. The first-order valence-electron chi connectivity index (χ1n) is 8.85. The Morgan fingerprint density at radius 2 is 1.62 bits per heavy atom. The first-order valence-corrected chi connectivity index (χ1v) is 8.85. The van der Waals surface area contributed by atoms with Crippen LogP contribution in [0.3, 0.4) is 0 Å². The molecule has 2 aliphatic rings. The fourth-order valence-corrected chi connectivity index (χ4v) is 3.46. The molecule has 0 spiro atoms. The van der Waals surface area contributed by atoms with Crippen LogP contribution in [0.25, 0.3) is 5.57 Å². The minimum Gasteiger partial charge on any atom is -0.459 e. The van der Waals surface area contributed by atoms with E-state index >= 15 is 0 Å². The maximum Gasteiger partial charge on any atom is 0.331 e. The number of piperidine rings is 1. The predicted octanol–water partition coefficient (Wildman–Crippen LogP) is 2.98. The first-order chi connectivity index (χ1) is 12.7. The molecule has 2 aliphatic heterocycles. The molecule has 5 nitrogen and oxygen atoms in total. The van der Waals surface area contributed by atoms with Crippen molar-refractivity contribution in [1.29, 1.82) is 0 Å². The molecule has 26 heavy (non-hydrogen) atoms. The van der Waals surface area contributed by atoms with Gasteiger partial charge >= 0.3 is 5.97 Å². The number of anilines is 1. The Morgan fingerprint density at radius 1 is 0.962 bits per heavy atom. The van der Waals surface area contributed by atoms with E-state index in [4.69, 9.17) is 4.74 Å². The van der Waals surface area contributed by atoms with Gasteiger partial charge in [-0.2, -0.15) is 0 Å². The SMILES string of the molecule is O=C(/C=C1\c2ccccc2NC(=O)c2ccccc21)OC1CCNCC1. The van der Waals surface area contributed by atoms with E-state index in [0.717, 1.165) is 37.1 Å². The number of nitrogens with one attached hydrogen (secondary N) is 2. The number of rotatable bonds is 2. The van der Waals surface area contributed by atoms with Crippen LogP contribution < -0.4 is 10.6 Å². The molecule has 0 bridgehead atoms. The number of hydrogen-bond acceptors (Lipinski definition) is 4. The fourth-order valence-electron chi connectivity index (χ4n) is 3.46. The summed E-state index contributed by atoms with van der Waals surface area (Å²) in [6.07, 6.45) is 3.10. The van der Waals surface area contributed by atoms with Gasteiger partial charge in [-0.15, -0.1) is 0 Å². The van der Waals surface area contributed by atoms with Gasteiger partial charge in [0.15, 0.2) is 0 Å². The predicted molar refractivity (Wildman–Crippen MR) is 99.9 cm³/mol. The van der Waals surface area contributed by atoms with Gasteiger partial charge in [0.05, 0.1) is 0 Å². The van der Waals surface area contributed by atoms with Gasteiger partial charge in [0, 0.05) is 22.9 Å². The van der Waals surface area contributed by atoms with Crippen LogP contribution >= 0.6 is 0 Å². The minimum atomic E-state index is -0.370. The maximum atomic E-state index is 12.6. The molecular weight excluding hydrogens is 328 g/mol. The number of ether oxygens (including phenoxy) is 1. The molecule has 2 N–H and O–H groups in total. The number of benzene rings is 2. The zero-order valence-corrected chi connectivity index (χ0v) is 14.3. The first kappa shape index (κ1) is 16.5. The summed E-state index contributed by atoms with van der Waals surface area (Å²) in [5.41, 5.74) is 3.48. The lowest BCUT2D eigenvalue weighted by molar-refractivity contribution is -0.143. The van der Waals surface area contributed by atoms with Crippen molar-refractivity contribution in [2.45, 2.75) is 18.9 Å². The van der Waals surface area contributed by atoms with Gasteiger partial charge < -0.3 is 15.4 Å². The molecule has 4 rings (SSSR count). The second-order valence-corrected chi connectivity index (χ2v) is 6.49. The van der Waals surface area contributed by atoms with Crippen molar-refractivity contribution >= 4 is 23.1 Å². The Bertz CT molecular complexity index is 882. The van der Waals surface area contributed by atoms with Crippen molar-refractivity contribution in [3.63, 3.8) is 0 Å². The van der Waals surface area contributed by atoms with Crippen LogP contribution in [-0.2, 0) is 9.53 Å². The molecule has 0 aliphatic carbocycles. The molecule has 2 aromatic rings. The van der Waals surface area contributed by atoms with Gasteiger partial charge in [-0.3, -0.25) is 4.79 Å². The van der Waals surface area contributed by atoms with Gasteiger partial charge in [-0.1, -0.05) is 36.4 Å². The van der Waals surface area contributed by atoms with Crippen molar-refractivity contribution in [2.24, 2.45) is 0 Å². The normalized spacial score (nSPS) is 18.5. The fraction of sp³-hybridized carbons (Fsp3) is 0.238. The van der Waals surface area contributed by atoms with E-state index in [0.29, 0.717) is 16.8 Å². The van der Waals surface area contributed by atoms with Crippen molar-refractivity contribution in [3.8, 4) is 0 Å². The lowest BCUT2D eigenvalue weighted by Crippen LogP contribution is -2.33. The van der Waals surface area contributed by atoms with E-state index in [1.165, 1.54) is 6.08 Å². The monoisotopic (exact) mass is 348 g/mol. The molecule has 1 saturated heterocycles. The van der Waals surface area contributed by atoms with Crippen LogP contribution in [0.15, 0.2) is 54.6 Å². The van der Waals surface area contributed by atoms with Crippen molar-refractivity contribution in [2.75, 3.05) is 18.4 Å². The van der Waals surface area contributed by atoms with E-state index in [1.807, 2.05) is 42.5 Å². The average Bonchev–Trinajstić information content (AvgIpc) is 2.78. The van der Waals surface area contributed by atoms with Crippen LogP contribution in [0.4, 0.5) is 5.69 Å². The highest BCUT2D eigenvalue weighted by molar-refractivity contribution is 6.14. The van der Waals surface area contributed by atoms with Gasteiger partial charge in [0.1, 0.15) is 6.10 Å². The summed E-state index contributed by atoms with van der Waals surface area (Å²) in [7, 11) is 0. The molecule has 0 aromatic heterocycles. The number of carbonyl (C=O) groups is 2. The quantitative estimate of drug-likeness (QED) is 0.647. The second-order valence-electron chi connectivity index (χ2n) is 6.49. The lowest BCUT2D eigenvalue weighted by Gasteiger charge is -2.22. The topological polar surface area (TPSA) is 67.4 Å². The highest BCUT2D eigenvalue weighted by Gasteiger charge is 2.24. The van der Waals surface area contributed by atoms with Crippen LogP contribution in [0.5, 0.6) is 0 Å². The molecule has 1 amide bonds. The standard InChI is InChI=1S/C21H20N2O3/c24-20(26-14-9-11-22-12-10-14)13-18-15-5-1-2-7-17(15)21(25)23-19-8-4-3-6-16(18)19/h1-8,13-14,22H,9-12H2,(H,23,25)/b18-13-. The summed E-state index contributed by atoms with van der Waals surface area (Å²) in [6, 6.07) is 14.8. The number of carbonyl (C=O) groups excluding carboxylic acids is 2. The van der Waals surface area contributed by atoms with E-state index < -0.39 is 0 Å². The zero-order valence-electron chi connectivity index (χ0n) is 14.3. The number of esters is 1. The summed E-state index contributed by atoms with van der Waals surface area (Å²) in [6.45, 7) is 1.72. The largest absolute Gasteiger partial charge is 0.459 e. The molecule has 0 radical (unpaired) electrons. The summed E-state index contributed by atoms with van der Waals surface area (Å²) in [5.74, 6) is -0.547. The van der Waals surface area contributed by atoms with Gasteiger partial charge in [0.2, 0.25) is 0 Å². The molecular formula is C21H20N2O3. The van der Waals surface area contributed by atoms with Gasteiger partial charge in [-0.05, 0) is 49.2 Å². The molecule has 0 unspecified atom stereocenters. The van der Waals surface area contributed by atoms with Gasteiger partial charge in [-0.25, -0.2) is 4.79 Å². The Kier molecular flexibility index (Phi) is 4.54. The third-order valence-electron chi connectivity index (χ3n) is 4.76. The molecule has 2 heterocycles. The lowest BCUT2D eigenvalue weighted by atomic mass is 9.94. The summed E-state index contributed by atoms with van der Waals surface area (Å²) in [4.78, 5) is 25.1. The van der Waals surface area contributed by atoms with Crippen molar-refractivity contribution in [3.05, 3.63) is 71.3 Å². The average molecular weight is 348 g/mol. The van der Waals surface area contributed by atoms with Gasteiger partial charge in [0.25, 0.3) is 5.91 Å². The molecule has 5 heteroatoms. The number of hydrogen-bond donors (Lipinski definition) is 2. The van der Waals surface area contributed by atoms with Crippen molar-refractivity contribution < 1.29 is 14.3 Å². The van der Waals surface area contributed by atoms with Crippen LogP contribution in [-0.4, -0.2) is 31.1 Å². The molecule has 2 aromatic carbocycles. The van der Waals surface area contributed by atoms with Crippen LogP contribution in [0.2, 0.25) is 0 Å². The highest BCUT2D eigenvalue weighted by Crippen LogP contribution is 2.35. The third kappa shape index (κ3) is 3.26. The molecule has 0 atom stereocenters. The summed E-state index contributed by atoms with van der Waals surface area (Å²) >= 11 is 0. The zero-order chi connectivity index (χ0) is 17.9. The number of fused-ring (bicyclic) bond motifs is 2. The Morgan fingerprint density at radius 3 is 2.38 bits per heavy atom. The Hall–Kier alpha value is -2.92. The Labute approximate surface area is 152 Å². The van der Waals surface area contributed by atoms with Crippen molar-refractivity contribution in [1.82, 2.24) is 5.32 Å². The third-order valence-corrected chi connectivity index (χ3v) is 4.76. The Balaban J connectivity index is 1.75. The summed E-state index contributed by atoms with van der Waals surface area (Å²) < 4.78 is 5.63.